The third kappa shape index (κ3) is 3.50. The summed E-state index contributed by atoms with van der Waals surface area (Å²) in [6.45, 7) is 6.26. The van der Waals surface area contributed by atoms with Crippen molar-refractivity contribution in [3.63, 3.8) is 0 Å². The number of rotatable bonds is 4. The van der Waals surface area contributed by atoms with E-state index < -0.39 is 0 Å². The minimum Gasteiger partial charge on any atom is -0.289 e. The molecule has 2 rings (SSSR count). The van der Waals surface area contributed by atoms with Crippen LogP contribution < -0.4 is 0 Å². The molecule has 0 amide bonds. The maximum Gasteiger partial charge on any atom is 0.193 e. The van der Waals surface area contributed by atoms with E-state index in [1.807, 2.05) is 31.2 Å². The van der Waals surface area contributed by atoms with Gasteiger partial charge in [-0.2, -0.15) is 0 Å². The Kier molecular flexibility index (Phi) is 4.10. The fourth-order valence-corrected chi connectivity index (χ4v) is 2.16. The van der Waals surface area contributed by atoms with Gasteiger partial charge in [-0.15, -0.1) is 0 Å². The number of nitrogens with zero attached hydrogens (tertiary/aromatic N) is 1. The van der Waals surface area contributed by atoms with Gasteiger partial charge in [-0.1, -0.05) is 32.0 Å². The molecule has 19 heavy (non-hydrogen) atoms. The van der Waals surface area contributed by atoms with Gasteiger partial charge in [0.2, 0.25) is 0 Å². The molecule has 0 radical (unpaired) electrons. The molecule has 0 fully saturated rings. The molecule has 1 aromatic heterocycles. The molecule has 0 unspecified atom stereocenters. The zero-order valence-electron chi connectivity index (χ0n) is 11.7. The van der Waals surface area contributed by atoms with Gasteiger partial charge < -0.3 is 0 Å². The van der Waals surface area contributed by atoms with Gasteiger partial charge in [-0.05, 0) is 43.0 Å². The lowest BCUT2D eigenvalue weighted by Crippen LogP contribution is -2.03. The highest BCUT2D eigenvalue weighted by molar-refractivity contribution is 6.09. The van der Waals surface area contributed by atoms with Gasteiger partial charge in [-0.3, -0.25) is 9.78 Å². The van der Waals surface area contributed by atoms with Gasteiger partial charge in [0.15, 0.2) is 5.78 Å². The van der Waals surface area contributed by atoms with Gasteiger partial charge in [0, 0.05) is 23.0 Å². The van der Waals surface area contributed by atoms with E-state index in [0.29, 0.717) is 11.5 Å². The standard InChI is InChI=1S/C17H19NO/c1-12(2)9-14-5-4-6-15(11-14)17(19)16-7-8-18-13(3)10-16/h4-8,10-12H,9H2,1-3H3. The summed E-state index contributed by atoms with van der Waals surface area (Å²) in [7, 11) is 0. The summed E-state index contributed by atoms with van der Waals surface area (Å²) < 4.78 is 0. The predicted molar refractivity (Wildman–Crippen MR) is 77.4 cm³/mol. The second-order valence-electron chi connectivity index (χ2n) is 5.31. The van der Waals surface area contributed by atoms with Gasteiger partial charge >= 0.3 is 0 Å². The van der Waals surface area contributed by atoms with Crippen LogP contribution in [0.3, 0.4) is 0 Å². The average molecular weight is 253 g/mol. The Hall–Kier alpha value is -1.96. The van der Waals surface area contributed by atoms with Crippen LogP contribution >= 0.6 is 0 Å². The van der Waals surface area contributed by atoms with Crippen LogP contribution in [-0.4, -0.2) is 10.8 Å². The van der Waals surface area contributed by atoms with Crippen molar-refractivity contribution in [2.75, 3.05) is 0 Å². The average Bonchev–Trinajstić information content (AvgIpc) is 2.37. The second-order valence-corrected chi connectivity index (χ2v) is 5.31. The number of hydrogen-bond donors (Lipinski definition) is 0. The number of pyridine rings is 1. The van der Waals surface area contributed by atoms with Gasteiger partial charge in [0.05, 0.1) is 0 Å². The van der Waals surface area contributed by atoms with Crippen LogP contribution in [-0.2, 0) is 6.42 Å². The Morgan fingerprint density at radius 3 is 2.58 bits per heavy atom. The molecular weight excluding hydrogens is 234 g/mol. The van der Waals surface area contributed by atoms with Crippen LogP contribution in [0.4, 0.5) is 0 Å². The lowest BCUT2D eigenvalue weighted by Gasteiger charge is -2.07. The topological polar surface area (TPSA) is 30.0 Å². The number of aryl methyl sites for hydroxylation is 1. The first-order valence-corrected chi connectivity index (χ1v) is 6.62. The first kappa shape index (κ1) is 13.5. The summed E-state index contributed by atoms with van der Waals surface area (Å²) in [6, 6.07) is 11.5. The summed E-state index contributed by atoms with van der Waals surface area (Å²) in [6.07, 6.45) is 2.68. The van der Waals surface area contributed by atoms with E-state index in [-0.39, 0.29) is 5.78 Å². The van der Waals surface area contributed by atoms with Crippen LogP contribution in [0.2, 0.25) is 0 Å². The molecule has 0 spiro atoms. The molecule has 2 aromatic rings. The van der Waals surface area contributed by atoms with Crippen molar-refractivity contribution in [1.29, 1.82) is 0 Å². The molecule has 0 bridgehead atoms. The quantitative estimate of drug-likeness (QED) is 0.775. The van der Waals surface area contributed by atoms with Crippen molar-refractivity contribution in [1.82, 2.24) is 4.98 Å². The Bertz CT molecular complexity index is 587. The summed E-state index contributed by atoms with van der Waals surface area (Å²) in [5.74, 6) is 0.657. The Morgan fingerprint density at radius 2 is 1.89 bits per heavy atom. The minimum atomic E-state index is 0.0658. The number of carbonyl (C=O) groups excluding carboxylic acids is 1. The molecular formula is C17H19NO. The van der Waals surface area contributed by atoms with Crippen molar-refractivity contribution >= 4 is 5.78 Å². The molecule has 2 nitrogen and oxygen atoms in total. The van der Waals surface area contributed by atoms with Crippen molar-refractivity contribution < 1.29 is 4.79 Å². The second kappa shape index (κ2) is 5.79. The highest BCUT2D eigenvalue weighted by Crippen LogP contribution is 2.14. The molecule has 0 aliphatic rings. The van der Waals surface area contributed by atoms with Crippen LogP contribution in [0.1, 0.15) is 41.0 Å². The fourth-order valence-electron chi connectivity index (χ4n) is 2.16. The third-order valence-electron chi connectivity index (χ3n) is 2.99. The van der Waals surface area contributed by atoms with Crippen LogP contribution in [0.25, 0.3) is 0 Å². The molecule has 1 aromatic carbocycles. The molecule has 0 aliphatic carbocycles. The first-order chi connectivity index (χ1) is 9.06. The van der Waals surface area contributed by atoms with Gasteiger partial charge in [0.25, 0.3) is 0 Å². The maximum atomic E-state index is 12.4. The van der Waals surface area contributed by atoms with Crippen LogP contribution in [0, 0.1) is 12.8 Å². The van der Waals surface area contributed by atoms with Crippen molar-refractivity contribution in [3.8, 4) is 0 Å². The molecule has 0 atom stereocenters. The number of carbonyl (C=O) groups is 1. The van der Waals surface area contributed by atoms with E-state index in [0.717, 1.165) is 17.7 Å². The van der Waals surface area contributed by atoms with Crippen LogP contribution in [0.5, 0.6) is 0 Å². The zero-order valence-corrected chi connectivity index (χ0v) is 11.7. The summed E-state index contributed by atoms with van der Waals surface area (Å²) in [5.41, 5.74) is 3.54. The van der Waals surface area contributed by atoms with Gasteiger partial charge in [-0.25, -0.2) is 0 Å². The number of benzene rings is 1. The Labute approximate surface area is 114 Å². The van der Waals surface area contributed by atoms with E-state index in [9.17, 15) is 4.79 Å². The summed E-state index contributed by atoms with van der Waals surface area (Å²) >= 11 is 0. The highest BCUT2D eigenvalue weighted by Gasteiger charge is 2.10. The molecule has 0 saturated carbocycles. The monoisotopic (exact) mass is 253 g/mol. The van der Waals surface area contributed by atoms with E-state index in [1.54, 1.807) is 12.3 Å². The lowest BCUT2D eigenvalue weighted by molar-refractivity contribution is 0.103. The molecule has 98 valence electrons. The van der Waals surface area contributed by atoms with E-state index in [4.69, 9.17) is 0 Å². The minimum absolute atomic E-state index is 0.0658. The summed E-state index contributed by atoms with van der Waals surface area (Å²) in [4.78, 5) is 16.5. The number of aromatic nitrogens is 1. The zero-order chi connectivity index (χ0) is 13.8. The fraction of sp³-hybridized carbons (Fsp3) is 0.294. The number of ketones is 1. The SMILES string of the molecule is Cc1cc(C(=O)c2cccc(CC(C)C)c2)ccn1. The van der Waals surface area contributed by atoms with Crippen molar-refractivity contribution in [2.24, 2.45) is 5.92 Å². The third-order valence-corrected chi connectivity index (χ3v) is 2.99. The summed E-state index contributed by atoms with van der Waals surface area (Å²) in [5, 5.41) is 0. The first-order valence-electron chi connectivity index (χ1n) is 6.62. The maximum absolute atomic E-state index is 12.4. The molecule has 0 aliphatic heterocycles. The van der Waals surface area contributed by atoms with Gasteiger partial charge in [0.1, 0.15) is 0 Å². The molecule has 0 saturated heterocycles. The largest absolute Gasteiger partial charge is 0.289 e. The van der Waals surface area contributed by atoms with Crippen molar-refractivity contribution in [2.45, 2.75) is 27.2 Å². The van der Waals surface area contributed by atoms with E-state index in [1.165, 1.54) is 5.56 Å². The smallest absolute Gasteiger partial charge is 0.193 e. The Morgan fingerprint density at radius 1 is 1.16 bits per heavy atom. The van der Waals surface area contributed by atoms with Crippen molar-refractivity contribution in [3.05, 3.63) is 65.0 Å². The molecule has 1 heterocycles. The lowest BCUT2D eigenvalue weighted by atomic mass is 9.97. The highest BCUT2D eigenvalue weighted by atomic mass is 16.1. The van der Waals surface area contributed by atoms with E-state index in [2.05, 4.69) is 24.9 Å². The molecule has 0 N–H and O–H groups in total. The number of hydrogen-bond acceptors (Lipinski definition) is 2. The molecule has 2 heteroatoms. The predicted octanol–water partition coefficient (Wildman–Crippen LogP) is 3.82. The van der Waals surface area contributed by atoms with E-state index >= 15 is 0 Å². The Balaban J connectivity index is 2.29. The van der Waals surface area contributed by atoms with Crippen LogP contribution in [0.15, 0.2) is 42.6 Å². The normalized spacial score (nSPS) is 10.7.